The van der Waals surface area contributed by atoms with E-state index in [9.17, 15) is 14.2 Å². The number of aromatic nitrogens is 4. The Balaban J connectivity index is 2.21. The van der Waals surface area contributed by atoms with Crippen LogP contribution in [0.1, 0.15) is 12.8 Å². The van der Waals surface area contributed by atoms with E-state index < -0.39 is 13.9 Å². The molecule has 0 saturated carbocycles. The fourth-order valence-corrected chi connectivity index (χ4v) is 2.38. The molecule has 0 aromatic carbocycles. The van der Waals surface area contributed by atoms with Crippen molar-refractivity contribution < 1.29 is 14.0 Å². The standard InChI is InChI=1S/C11H15N4O5P/c1-13-9-8(10(16)14(2)11(13)17)15(7-12-9)5-3-4-6-20-21(18)19/h7H,3-6H2,1-2H3/p+1. The van der Waals surface area contributed by atoms with Gasteiger partial charge in [-0.15, -0.1) is 9.42 Å². The quantitative estimate of drug-likeness (QED) is 0.588. The zero-order valence-electron chi connectivity index (χ0n) is 11.7. The fourth-order valence-electron chi connectivity index (χ4n) is 2.09. The van der Waals surface area contributed by atoms with E-state index in [1.165, 1.54) is 17.9 Å². The third-order valence-corrected chi connectivity index (χ3v) is 3.62. The molecule has 0 aliphatic rings. The van der Waals surface area contributed by atoms with Gasteiger partial charge in [0.05, 0.1) is 6.33 Å². The van der Waals surface area contributed by atoms with Gasteiger partial charge in [-0.05, 0) is 12.8 Å². The topological polar surface area (TPSA) is 108 Å². The molecule has 1 N–H and O–H groups in total. The van der Waals surface area contributed by atoms with Gasteiger partial charge in [-0.1, -0.05) is 0 Å². The van der Waals surface area contributed by atoms with Crippen molar-refractivity contribution in [1.82, 2.24) is 18.7 Å². The Labute approximate surface area is 120 Å². The van der Waals surface area contributed by atoms with Crippen molar-refractivity contribution in [3.05, 3.63) is 27.2 Å². The van der Waals surface area contributed by atoms with Crippen molar-refractivity contribution in [1.29, 1.82) is 0 Å². The van der Waals surface area contributed by atoms with Crippen molar-refractivity contribution in [3.8, 4) is 0 Å². The average Bonchev–Trinajstić information content (AvgIpc) is 2.86. The second-order valence-corrected chi connectivity index (χ2v) is 5.33. The summed E-state index contributed by atoms with van der Waals surface area (Å²) in [6.45, 7) is 0.685. The molecular weight excluding hydrogens is 299 g/mol. The van der Waals surface area contributed by atoms with E-state index in [2.05, 4.69) is 9.51 Å². The van der Waals surface area contributed by atoms with E-state index in [-0.39, 0.29) is 12.2 Å². The largest absolute Gasteiger partial charge is 0.694 e. The normalized spacial score (nSPS) is 12.0. The minimum Gasteiger partial charge on any atom is -0.325 e. The minimum absolute atomic E-state index is 0.175. The van der Waals surface area contributed by atoms with E-state index in [0.29, 0.717) is 30.6 Å². The molecule has 0 aliphatic carbocycles. The van der Waals surface area contributed by atoms with Crippen LogP contribution >= 0.6 is 8.25 Å². The summed E-state index contributed by atoms with van der Waals surface area (Å²) in [5, 5.41) is 0. The lowest BCUT2D eigenvalue weighted by molar-refractivity contribution is 0.273. The SMILES string of the molecule is Cn1c(=O)c2c(ncn2CCCCO[P+](=O)O)n(C)c1=O. The van der Waals surface area contributed by atoms with Crippen molar-refractivity contribution in [2.45, 2.75) is 19.4 Å². The third-order valence-electron chi connectivity index (χ3n) is 3.21. The summed E-state index contributed by atoms with van der Waals surface area (Å²) in [5.41, 5.74) is -0.0928. The second kappa shape index (κ2) is 6.30. The van der Waals surface area contributed by atoms with Gasteiger partial charge < -0.3 is 4.57 Å². The van der Waals surface area contributed by atoms with Crippen molar-refractivity contribution >= 4 is 19.4 Å². The molecule has 9 nitrogen and oxygen atoms in total. The van der Waals surface area contributed by atoms with Gasteiger partial charge in [0.25, 0.3) is 5.56 Å². The molecule has 2 heterocycles. The van der Waals surface area contributed by atoms with Gasteiger partial charge in [0.15, 0.2) is 11.2 Å². The first-order valence-corrected chi connectivity index (χ1v) is 7.46. The Morgan fingerprint density at radius 3 is 2.67 bits per heavy atom. The van der Waals surface area contributed by atoms with Crippen LogP contribution in [0.5, 0.6) is 0 Å². The molecule has 21 heavy (non-hydrogen) atoms. The third kappa shape index (κ3) is 3.10. The number of hydrogen-bond donors (Lipinski definition) is 1. The molecular formula is C11H16N4O5P+. The van der Waals surface area contributed by atoms with Crippen LogP contribution in [0.4, 0.5) is 0 Å². The predicted molar refractivity (Wildman–Crippen MR) is 75.2 cm³/mol. The van der Waals surface area contributed by atoms with Gasteiger partial charge in [-0.3, -0.25) is 13.9 Å². The number of hydrogen-bond acceptors (Lipinski definition) is 5. The summed E-state index contributed by atoms with van der Waals surface area (Å²) >= 11 is 0. The molecule has 114 valence electrons. The molecule has 0 spiro atoms. The molecule has 0 bridgehead atoms. The highest BCUT2D eigenvalue weighted by atomic mass is 31.1. The lowest BCUT2D eigenvalue weighted by atomic mass is 10.3. The maximum Gasteiger partial charge on any atom is 0.694 e. The van der Waals surface area contributed by atoms with Gasteiger partial charge in [-0.25, -0.2) is 9.78 Å². The van der Waals surface area contributed by atoms with E-state index >= 15 is 0 Å². The van der Waals surface area contributed by atoms with Crippen LogP contribution in [0, 0.1) is 0 Å². The monoisotopic (exact) mass is 315 g/mol. The maximum absolute atomic E-state index is 12.2. The number of fused-ring (bicyclic) bond motifs is 1. The molecule has 1 atom stereocenters. The molecule has 0 amide bonds. The number of nitrogens with zero attached hydrogens (tertiary/aromatic N) is 4. The van der Waals surface area contributed by atoms with Crippen molar-refractivity contribution in [3.63, 3.8) is 0 Å². The van der Waals surface area contributed by atoms with Crippen LogP contribution in [0.2, 0.25) is 0 Å². The van der Waals surface area contributed by atoms with Crippen LogP contribution < -0.4 is 11.2 Å². The first-order valence-electron chi connectivity index (χ1n) is 6.33. The minimum atomic E-state index is -2.57. The van der Waals surface area contributed by atoms with E-state index in [4.69, 9.17) is 4.89 Å². The molecule has 2 rings (SSSR count). The van der Waals surface area contributed by atoms with Gasteiger partial charge in [-0.2, -0.15) is 0 Å². The summed E-state index contributed by atoms with van der Waals surface area (Å²) in [4.78, 5) is 36.5. The zero-order valence-corrected chi connectivity index (χ0v) is 12.6. The van der Waals surface area contributed by atoms with Crippen LogP contribution in [-0.2, 0) is 29.7 Å². The van der Waals surface area contributed by atoms with Gasteiger partial charge in [0, 0.05) is 25.2 Å². The second-order valence-electron chi connectivity index (χ2n) is 4.59. The summed E-state index contributed by atoms with van der Waals surface area (Å²) in [6, 6.07) is 0. The number of rotatable bonds is 6. The maximum atomic E-state index is 12.2. The number of imidazole rings is 1. The Bertz CT molecular complexity index is 790. The highest BCUT2D eigenvalue weighted by Crippen LogP contribution is 2.15. The van der Waals surface area contributed by atoms with Gasteiger partial charge in [0.1, 0.15) is 6.61 Å². The molecule has 0 aliphatic heterocycles. The Morgan fingerprint density at radius 1 is 1.29 bits per heavy atom. The summed E-state index contributed by atoms with van der Waals surface area (Å²) < 4.78 is 19.0. The Morgan fingerprint density at radius 2 is 2.00 bits per heavy atom. The molecule has 0 radical (unpaired) electrons. The predicted octanol–water partition coefficient (Wildman–Crippen LogP) is -0.120. The van der Waals surface area contributed by atoms with Crippen LogP contribution in [0.15, 0.2) is 15.9 Å². The highest BCUT2D eigenvalue weighted by Gasteiger charge is 2.14. The van der Waals surface area contributed by atoms with E-state index in [1.54, 1.807) is 11.6 Å². The molecule has 0 saturated heterocycles. The molecule has 2 aromatic heterocycles. The average molecular weight is 315 g/mol. The molecule has 10 heteroatoms. The van der Waals surface area contributed by atoms with E-state index in [1.807, 2.05) is 0 Å². The van der Waals surface area contributed by atoms with E-state index in [0.717, 1.165) is 4.57 Å². The Kier molecular flexibility index (Phi) is 4.66. The Hall–Kier alpha value is -1.83. The molecule has 2 aromatic rings. The first kappa shape index (κ1) is 15.6. The molecule has 0 fully saturated rings. The number of aryl methyl sites for hydroxylation is 2. The zero-order chi connectivity index (χ0) is 15.6. The number of unbranched alkanes of at least 4 members (excludes halogenated alkanes) is 1. The van der Waals surface area contributed by atoms with Gasteiger partial charge in [0.2, 0.25) is 0 Å². The van der Waals surface area contributed by atoms with Crippen LogP contribution in [0.25, 0.3) is 11.2 Å². The molecule has 1 unspecified atom stereocenters. The highest BCUT2D eigenvalue weighted by molar-refractivity contribution is 7.32. The summed E-state index contributed by atoms with van der Waals surface area (Å²) in [7, 11) is 0.418. The van der Waals surface area contributed by atoms with Crippen LogP contribution in [-0.4, -0.2) is 30.2 Å². The van der Waals surface area contributed by atoms with Crippen molar-refractivity contribution in [2.24, 2.45) is 14.1 Å². The van der Waals surface area contributed by atoms with Crippen molar-refractivity contribution in [2.75, 3.05) is 6.61 Å². The first-order chi connectivity index (χ1) is 9.93. The lowest BCUT2D eigenvalue weighted by Crippen LogP contribution is -2.37. The summed E-state index contributed by atoms with van der Waals surface area (Å²) in [6.07, 6.45) is 2.74. The summed E-state index contributed by atoms with van der Waals surface area (Å²) in [5.74, 6) is 0. The van der Waals surface area contributed by atoms with Gasteiger partial charge >= 0.3 is 13.9 Å². The lowest BCUT2D eigenvalue weighted by Gasteiger charge is -2.06. The fraction of sp³-hybridized carbons (Fsp3) is 0.545. The smallest absolute Gasteiger partial charge is 0.325 e. The van der Waals surface area contributed by atoms with Crippen LogP contribution in [0.3, 0.4) is 0 Å².